The highest BCUT2D eigenvalue weighted by Gasteiger charge is 2.35. The van der Waals surface area contributed by atoms with E-state index in [1.165, 1.54) is 11.1 Å². The van der Waals surface area contributed by atoms with Crippen LogP contribution in [0.3, 0.4) is 0 Å². The summed E-state index contributed by atoms with van der Waals surface area (Å²) < 4.78 is 17.3. The van der Waals surface area contributed by atoms with Crippen LogP contribution in [-0.4, -0.2) is 8.96 Å². The van der Waals surface area contributed by atoms with Crippen LogP contribution in [0.1, 0.15) is 76.8 Å². The summed E-state index contributed by atoms with van der Waals surface area (Å²) in [5.74, 6) is 0.528. The second-order valence-corrected chi connectivity index (χ2v) is 12.0. The molecule has 3 atom stereocenters. The lowest BCUT2D eigenvalue weighted by Gasteiger charge is -2.37. The lowest BCUT2D eigenvalue weighted by atomic mass is 9.82. The van der Waals surface area contributed by atoms with Crippen LogP contribution < -0.4 is 4.72 Å². The van der Waals surface area contributed by atoms with Gasteiger partial charge < -0.3 is 0 Å². The molecule has 2 unspecified atom stereocenters. The van der Waals surface area contributed by atoms with Crippen LogP contribution in [0, 0.1) is 0 Å². The Morgan fingerprint density at radius 1 is 1.07 bits per heavy atom. The van der Waals surface area contributed by atoms with E-state index in [1.807, 2.05) is 32.9 Å². The maximum Gasteiger partial charge on any atom is 0.0978 e. The van der Waals surface area contributed by atoms with E-state index in [-0.39, 0.29) is 10.3 Å². The second kappa shape index (κ2) is 11.4. The van der Waals surface area contributed by atoms with Gasteiger partial charge in [-0.3, -0.25) is 0 Å². The van der Waals surface area contributed by atoms with E-state index in [0.29, 0.717) is 5.92 Å². The molecule has 30 heavy (non-hydrogen) atoms. The Labute approximate surface area is 194 Å². The van der Waals surface area contributed by atoms with Crippen molar-refractivity contribution in [2.45, 2.75) is 76.0 Å². The van der Waals surface area contributed by atoms with Gasteiger partial charge in [0.2, 0.25) is 0 Å². The van der Waals surface area contributed by atoms with Gasteiger partial charge >= 0.3 is 0 Å². The zero-order valence-electron chi connectivity index (χ0n) is 18.8. The van der Waals surface area contributed by atoms with Crippen molar-refractivity contribution in [1.29, 1.82) is 0 Å². The summed E-state index contributed by atoms with van der Waals surface area (Å²) >= 11 is 3.51. The smallest absolute Gasteiger partial charge is 0.0978 e. The first-order valence-corrected chi connectivity index (χ1v) is 12.7. The van der Waals surface area contributed by atoms with E-state index in [4.69, 9.17) is 0 Å². The summed E-state index contributed by atoms with van der Waals surface area (Å²) in [7, 11) is -1.16. The fourth-order valence-corrected chi connectivity index (χ4v) is 4.91. The first-order chi connectivity index (χ1) is 14.2. The van der Waals surface area contributed by atoms with Crippen molar-refractivity contribution in [3.8, 4) is 0 Å². The predicted molar refractivity (Wildman–Crippen MR) is 135 cm³/mol. The highest BCUT2D eigenvalue weighted by Crippen LogP contribution is 2.34. The molecule has 1 N–H and O–H groups in total. The molecule has 0 bridgehead atoms. The van der Waals surface area contributed by atoms with E-state index in [2.05, 4.69) is 82.7 Å². The zero-order valence-corrected chi connectivity index (χ0v) is 21.2. The van der Waals surface area contributed by atoms with Crippen molar-refractivity contribution in [3.63, 3.8) is 0 Å². The highest BCUT2D eigenvalue weighted by molar-refractivity contribution is 9.10. The van der Waals surface area contributed by atoms with Gasteiger partial charge in [0.1, 0.15) is 0 Å². The van der Waals surface area contributed by atoms with Gasteiger partial charge in [-0.25, -0.2) is 8.93 Å². The summed E-state index contributed by atoms with van der Waals surface area (Å²) in [5.41, 5.74) is 2.20. The number of nitrogens with one attached hydrogen (secondary N) is 1. The predicted octanol–water partition coefficient (Wildman–Crippen LogP) is 7.64. The molecular formula is C26H36BrNOS. The van der Waals surface area contributed by atoms with Crippen molar-refractivity contribution in [2.75, 3.05) is 0 Å². The van der Waals surface area contributed by atoms with Gasteiger partial charge in [0.15, 0.2) is 0 Å². The number of hydrogen-bond donors (Lipinski definition) is 1. The summed E-state index contributed by atoms with van der Waals surface area (Å²) in [6, 6.07) is 19.1. The molecule has 0 spiro atoms. The molecule has 2 aromatic carbocycles. The van der Waals surface area contributed by atoms with E-state index < -0.39 is 11.0 Å². The van der Waals surface area contributed by atoms with Crippen LogP contribution in [0.4, 0.5) is 0 Å². The largest absolute Gasteiger partial charge is 0.242 e. The van der Waals surface area contributed by atoms with E-state index >= 15 is 0 Å². The van der Waals surface area contributed by atoms with Gasteiger partial charge in [0.05, 0.1) is 21.3 Å². The van der Waals surface area contributed by atoms with Crippen LogP contribution in [-0.2, 0) is 16.5 Å². The number of halogens is 1. The van der Waals surface area contributed by atoms with Crippen LogP contribution in [0.5, 0.6) is 0 Å². The zero-order chi connectivity index (χ0) is 22.2. The summed E-state index contributed by atoms with van der Waals surface area (Å²) in [6.07, 6.45) is 6.97. The molecule has 0 heterocycles. The Kier molecular flexibility index (Phi) is 9.52. The molecule has 0 saturated carbocycles. The first kappa shape index (κ1) is 25.0. The van der Waals surface area contributed by atoms with Crippen molar-refractivity contribution in [3.05, 3.63) is 82.9 Å². The van der Waals surface area contributed by atoms with Crippen molar-refractivity contribution in [1.82, 2.24) is 4.72 Å². The van der Waals surface area contributed by atoms with Crippen LogP contribution >= 0.6 is 15.9 Å². The molecular weight excluding hydrogens is 454 g/mol. The lowest BCUT2D eigenvalue weighted by molar-refractivity contribution is 0.353. The van der Waals surface area contributed by atoms with Crippen molar-refractivity contribution in [2.24, 2.45) is 0 Å². The molecule has 0 aliphatic heterocycles. The highest BCUT2D eigenvalue weighted by atomic mass is 79.9. The Morgan fingerprint density at radius 3 is 2.27 bits per heavy atom. The summed E-state index contributed by atoms with van der Waals surface area (Å²) in [4.78, 5) is 0. The SMILES string of the molecule is C=CCC(CCCC[C@@H](C)c1ccc(Br)cc1)(NS(=O)C(C)(C)C)c1ccccc1. The summed E-state index contributed by atoms with van der Waals surface area (Å²) in [6.45, 7) is 12.3. The maximum atomic E-state index is 13.0. The minimum Gasteiger partial charge on any atom is -0.242 e. The van der Waals surface area contributed by atoms with Gasteiger partial charge in [-0.2, -0.15) is 0 Å². The summed E-state index contributed by atoms with van der Waals surface area (Å²) in [5, 5.41) is 0. The fraction of sp³-hybridized carbons (Fsp3) is 0.462. The van der Waals surface area contributed by atoms with Crippen LogP contribution in [0.15, 0.2) is 71.7 Å². The Hall–Kier alpha value is -1.23. The quantitative estimate of drug-likeness (QED) is 0.255. The molecule has 4 heteroatoms. The third kappa shape index (κ3) is 7.18. The van der Waals surface area contributed by atoms with Crippen LogP contribution in [0.25, 0.3) is 0 Å². The monoisotopic (exact) mass is 489 g/mol. The molecule has 164 valence electrons. The molecule has 0 aromatic heterocycles. The van der Waals surface area contributed by atoms with Gasteiger partial charge in [-0.1, -0.05) is 84.2 Å². The third-order valence-electron chi connectivity index (χ3n) is 5.59. The number of unbranched alkanes of at least 4 members (excludes halogenated alkanes) is 1. The number of benzene rings is 2. The molecule has 2 aromatic rings. The van der Waals surface area contributed by atoms with Crippen LogP contribution in [0.2, 0.25) is 0 Å². The molecule has 0 saturated heterocycles. The van der Waals surface area contributed by atoms with Gasteiger partial charge in [-0.15, -0.1) is 6.58 Å². The number of hydrogen-bond acceptors (Lipinski definition) is 1. The topological polar surface area (TPSA) is 29.1 Å². The van der Waals surface area contributed by atoms with Crippen molar-refractivity contribution >= 4 is 26.9 Å². The maximum absolute atomic E-state index is 13.0. The molecule has 0 radical (unpaired) electrons. The standard InChI is InChI=1S/C26H36BrNOS/c1-6-19-26(23-13-8-7-9-14-23,28-30(29)25(3,4)5)20-11-10-12-21(2)22-15-17-24(27)18-16-22/h6-9,13-18,21,28H,1,10-12,19-20H2,2-5H3/t21-,26?,30?/m1/s1. The molecule has 0 fully saturated rings. The molecule has 0 aliphatic carbocycles. The first-order valence-electron chi connectivity index (χ1n) is 10.8. The van der Waals surface area contributed by atoms with E-state index in [1.54, 1.807) is 0 Å². The van der Waals surface area contributed by atoms with E-state index in [0.717, 1.165) is 36.6 Å². The Bertz CT molecular complexity index is 813. The number of rotatable bonds is 11. The van der Waals surface area contributed by atoms with Gasteiger partial charge in [-0.05, 0) is 69.2 Å². The minimum atomic E-state index is -1.16. The fourth-order valence-electron chi connectivity index (χ4n) is 3.69. The van der Waals surface area contributed by atoms with Gasteiger partial charge in [0.25, 0.3) is 0 Å². The van der Waals surface area contributed by atoms with Crippen molar-refractivity contribution < 1.29 is 4.21 Å². The Balaban J connectivity index is 2.11. The lowest BCUT2D eigenvalue weighted by Crippen LogP contribution is -2.48. The molecule has 0 aliphatic rings. The molecule has 2 rings (SSSR count). The molecule has 2 nitrogen and oxygen atoms in total. The average molecular weight is 491 g/mol. The minimum absolute atomic E-state index is 0.322. The Morgan fingerprint density at radius 2 is 1.70 bits per heavy atom. The molecule has 0 amide bonds. The van der Waals surface area contributed by atoms with Gasteiger partial charge in [0, 0.05) is 4.47 Å². The third-order valence-corrected chi connectivity index (χ3v) is 7.81. The normalized spacial score (nSPS) is 15.9. The average Bonchev–Trinajstić information content (AvgIpc) is 2.71. The second-order valence-electron chi connectivity index (χ2n) is 9.12. The van der Waals surface area contributed by atoms with E-state index in [9.17, 15) is 4.21 Å².